The number of likely N-dealkylation sites (N-methyl/N-ethyl adjacent to an activating group) is 1. The first-order valence-corrected chi connectivity index (χ1v) is 7.08. The predicted octanol–water partition coefficient (Wildman–Crippen LogP) is 2.67. The average molecular weight is 257 g/mol. The van der Waals surface area contributed by atoms with Gasteiger partial charge in [-0.25, -0.2) is 0 Å². The molecule has 1 aromatic rings. The van der Waals surface area contributed by atoms with E-state index in [1.165, 1.54) is 11.3 Å². The summed E-state index contributed by atoms with van der Waals surface area (Å²) >= 11 is 0. The number of nitriles is 1. The summed E-state index contributed by atoms with van der Waals surface area (Å²) in [4.78, 5) is 4.74. The molecule has 0 aromatic heterocycles. The van der Waals surface area contributed by atoms with E-state index >= 15 is 0 Å². The van der Waals surface area contributed by atoms with E-state index in [9.17, 15) is 0 Å². The highest BCUT2D eigenvalue weighted by Crippen LogP contribution is 2.24. The van der Waals surface area contributed by atoms with Crippen molar-refractivity contribution < 1.29 is 0 Å². The van der Waals surface area contributed by atoms with Gasteiger partial charge in [-0.3, -0.25) is 4.90 Å². The number of anilines is 1. The van der Waals surface area contributed by atoms with E-state index in [0.29, 0.717) is 18.5 Å². The summed E-state index contributed by atoms with van der Waals surface area (Å²) in [5.41, 5.74) is 2.61. The summed E-state index contributed by atoms with van der Waals surface area (Å²) in [6.07, 6.45) is 1.66. The molecule has 0 saturated carbocycles. The standard InChI is InChI=1S/C16H23N3/c1-4-14-5-7-15(8-6-14)19-11-13(2)18(3)12-16(19)9-10-17/h5-8,13,16H,4,9,11-12H2,1-3H3. The van der Waals surface area contributed by atoms with E-state index in [-0.39, 0.29) is 0 Å². The Labute approximate surface area is 116 Å². The third-order valence-corrected chi connectivity index (χ3v) is 4.16. The third-order valence-electron chi connectivity index (χ3n) is 4.16. The molecule has 0 aliphatic carbocycles. The summed E-state index contributed by atoms with van der Waals surface area (Å²) in [6, 6.07) is 11.9. The highest BCUT2D eigenvalue weighted by molar-refractivity contribution is 5.49. The molecule has 3 nitrogen and oxygen atoms in total. The molecule has 0 radical (unpaired) electrons. The van der Waals surface area contributed by atoms with Crippen molar-refractivity contribution in [2.45, 2.75) is 38.8 Å². The van der Waals surface area contributed by atoms with Crippen molar-refractivity contribution in [3.8, 4) is 6.07 Å². The maximum absolute atomic E-state index is 9.02. The molecule has 1 aromatic carbocycles. The zero-order chi connectivity index (χ0) is 13.8. The van der Waals surface area contributed by atoms with Gasteiger partial charge in [0, 0.05) is 24.8 Å². The van der Waals surface area contributed by atoms with Gasteiger partial charge in [-0.1, -0.05) is 19.1 Å². The minimum Gasteiger partial charge on any atom is -0.365 e. The van der Waals surface area contributed by atoms with Crippen molar-refractivity contribution in [2.24, 2.45) is 0 Å². The summed E-state index contributed by atoms with van der Waals surface area (Å²) in [5, 5.41) is 9.02. The van der Waals surface area contributed by atoms with Gasteiger partial charge in [-0.2, -0.15) is 5.26 Å². The van der Waals surface area contributed by atoms with E-state index in [0.717, 1.165) is 19.5 Å². The Morgan fingerprint density at radius 3 is 2.53 bits per heavy atom. The lowest BCUT2D eigenvalue weighted by Crippen LogP contribution is -2.56. The van der Waals surface area contributed by atoms with Crippen LogP contribution in [0.2, 0.25) is 0 Å². The number of hydrogen-bond donors (Lipinski definition) is 0. The van der Waals surface area contributed by atoms with Gasteiger partial charge in [-0.15, -0.1) is 0 Å². The van der Waals surface area contributed by atoms with Crippen molar-refractivity contribution >= 4 is 5.69 Å². The molecule has 19 heavy (non-hydrogen) atoms. The fourth-order valence-corrected chi connectivity index (χ4v) is 2.70. The molecule has 3 heteroatoms. The van der Waals surface area contributed by atoms with Crippen molar-refractivity contribution in [2.75, 3.05) is 25.0 Å². The van der Waals surface area contributed by atoms with Gasteiger partial charge >= 0.3 is 0 Å². The summed E-state index contributed by atoms with van der Waals surface area (Å²) in [5.74, 6) is 0. The molecule has 0 N–H and O–H groups in total. The lowest BCUT2D eigenvalue weighted by Gasteiger charge is -2.44. The Morgan fingerprint density at radius 2 is 1.95 bits per heavy atom. The SMILES string of the molecule is CCc1ccc(N2CC(C)N(C)CC2CC#N)cc1. The molecular weight excluding hydrogens is 234 g/mol. The van der Waals surface area contributed by atoms with Crippen molar-refractivity contribution in [1.29, 1.82) is 5.26 Å². The van der Waals surface area contributed by atoms with Gasteiger partial charge in [0.2, 0.25) is 0 Å². The molecule has 2 rings (SSSR count). The van der Waals surface area contributed by atoms with Crippen LogP contribution in [0.5, 0.6) is 0 Å². The number of hydrogen-bond acceptors (Lipinski definition) is 3. The predicted molar refractivity (Wildman–Crippen MR) is 79.3 cm³/mol. The van der Waals surface area contributed by atoms with Crippen LogP contribution in [0.4, 0.5) is 5.69 Å². The maximum Gasteiger partial charge on any atom is 0.0643 e. The lowest BCUT2D eigenvalue weighted by atomic mass is 10.0. The summed E-state index contributed by atoms with van der Waals surface area (Å²) in [7, 11) is 2.15. The van der Waals surface area contributed by atoms with Gasteiger partial charge in [0.15, 0.2) is 0 Å². The number of rotatable bonds is 3. The Hall–Kier alpha value is -1.53. The van der Waals surface area contributed by atoms with Gasteiger partial charge in [0.25, 0.3) is 0 Å². The van der Waals surface area contributed by atoms with Crippen molar-refractivity contribution in [1.82, 2.24) is 4.90 Å². The minimum atomic E-state index is 0.304. The Balaban J connectivity index is 2.20. The summed E-state index contributed by atoms with van der Waals surface area (Å²) < 4.78 is 0. The highest BCUT2D eigenvalue weighted by Gasteiger charge is 2.29. The van der Waals surface area contributed by atoms with Crippen LogP contribution >= 0.6 is 0 Å². The van der Waals surface area contributed by atoms with Gasteiger partial charge in [0.05, 0.1) is 18.5 Å². The zero-order valence-electron chi connectivity index (χ0n) is 12.1. The van der Waals surface area contributed by atoms with Gasteiger partial charge in [0.1, 0.15) is 0 Å². The van der Waals surface area contributed by atoms with E-state index in [2.05, 4.69) is 61.0 Å². The first-order chi connectivity index (χ1) is 9.15. The Morgan fingerprint density at radius 1 is 1.26 bits per heavy atom. The van der Waals surface area contributed by atoms with Crippen LogP contribution in [0.25, 0.3) is 0 Å². The van der Waals surface area contributed by atoms with Crippen LogP contribution in [0.15, 0.2) is 24.3 Å². The fraction of sp³-hybridized carbons (Fsp3) is 0.562. The van der Waals surface area contributed by atoms with Crippen LogP contribution in [0.3, 0.4) is 0 Å². The molecule has 1 aliphatic heterocycles. The topological polar surface area (TPSA) is 30.3 Å². The molecule has 0 spiro atoms. The van der Waals surface area contributed by atoms with E-state index < -0.39 is 0 Å². The molecular formula is C16H23N3. The second-order valence-electron chi connectivity index (χ2n) is 5.48. The Kier molecular flexibility index (Phi) is 4.44. The molecule has 2 unspecified atom stereocenters. The van der Waals surface area contributed by atoms with Gasteiger partial charge in [-0.05, 0) is 38.1 Å². The van der Waals surface area contributed by atoms with Crippen LogP contribution in [-0.2, 0) is 6.42 Å². The van der Waals surface area contributed by atoms with Crippen molar-refractivity contribution in [3.63, 3.8) is 0 Å². The first-order valence-electron chi connectivity index (χ1n) is 7.08. The molecule has 0 amide bonds. The molecule has 102 valence electrons. The minimum absolute atomic E-state index is 0.304. The van der Waals surface area contributed by atoms with Crippen LogP contribution in [-0.4, -0.2) is 37.1 Å². The highest BCUT2D eigenvalue weighted by atomic mass is 15.3. The number of benzene rings is 1. The third kappa shape index (κ3) is 3.08. The Bertz CT molecular complexity index is 446. The second kappa shape index (κ2) is 6.08. The lowest BCUT2D eigenvalue weighted by molar-refractivity contribution is 0.201. The van der Waals surface area contributed by atoms with Crippen LogP contribution < -0.4 is 4.90 Å². The normalized spacial score (nSPS) is 24.2. The monoisotopic (exact) mass is 257 g/mol. The molecule has 1 saturated heterocycles. The molecule has 1 aliphatic rings. The fourth-order valence-electron chi connectivity index (χ4n) is 2.70. The van der Waals surface area contributed by atoms with Crippen molar-refractivity contribution in [3.05, 3.63) is 29.8 Å². The van der Waals surface area contributed by atoms with E-state index in [1.807, 2.05) is 0 Å². The molecule has 2 atom stereocenters. The van der Waals surface area contributed by atoms with Crippen LogP contribution in [0.1, 0.15) is 25.8 Å². The van der Waals surface area contributed by atoms with Gasteiger partial charge < -0.3 is 4.90 Å². The van der Waals surface area contributed by atoms with Crippen LogP contribution in [0, 0.1) is 11.3 Å². The first kappa shape index (κ1) is 13.9. The van der Waals surface area contributed by atoms with E-state index in [4.69, 9.17) is 5.26 Å². The largest absolute Gasteiger partial charge is 0.365 e. The second-order valence-corrected chi connectivity index (χ2v) is 5.48. The summed E-state index contributed by atoms with van der Waals surface area (Å²) in [6.45, 7) is 6.38. The zero-order valence-corrected chi connectivity index (χ0v) is 12.1. The number of piperazine rings is 1. The quantitative estimate of drug-likeness (QED) is 0.834. The number of aryl methyl sites for hydroxylation is 1. The molecule has 0 bridgehead atoms. The number of nitrogens with zero attached hydrogens (tertiary/aromatic N) is 3. The molecule has 1 heterocycles. The average Bonchev–Trinajstić information content (AvgIpc) is 2.43. The maximum atomic E-state index is 9.02. The van der Waals surface area contributed by atoms with E-state index in [1.54, 1.807) is 0 Å². The molecule has 1 fully saturated rings. The smallest absolute Gasteiger partial charge is 0.0643 e.